The second kappa shape index (κ2) is 18.2. The van der Waals surface area contributed by atoms with Gasteiger partial charge in [0.1, 0.15) is 23.4 Å². The number of nitrogens with zero attached hydrogens (tertiary/aromatic N) is 2. The van der Waals surface area contributed by atoms with Crippen LogP contribution in [0.2, 0.25) is 0 Å². The first kappa shape index (κ1) is 46.3. The lowest BCUT2D eigenvalue weighted by molar-refractivity contribution is -0.160. The lowest BCUT2D eigenvalue weighted by Crippen LogP contribution is -2.46. The minimum Gasteiger partial charge on any atom is -0.507 e. The number of allylic oxidation sites excluding steroid dienone is 2. The number of anilines is 1. The number of carbonyl (C=O) groups is 4. The fourth-order valence-corrected chi connectivity index (χ4v) is 8.49. The van der Waals surface area contributed by atoms with Crippen molar-refractivity contribution in [3.63, 3.8) is 0 Å². The molecular formula is C47H55N3O13. The topological polar surface area (TPSA) is 234 Å². The number of ketones is 1. The summed E-state index contributed by atoms with van der Waals surface area (Å²) in [5, 5.41) is 66.2. The molecule has 3 aromatic carbocycles. The summed E-state index contributed by atoms with van der Waals surface area (Å²) in [6, 6.07) is 7.34. The van der Waals surface area contributed by atoms with Gasteiger partial charge in [0, 0.05) is 61.2 Å². The second-order valence-corrected chi connectivity index (χ2v) is 16.8. The number of carbonyl (C=O) groups excluding carboxylic acids is 4. The quantitative estimate of drug-likeness (QED) is 0.0804. The van der Waals surface area contributed by atoms with Crippen LogP contribution >= 0.6 is 0 Å². The lowest BCUT2D eigenvalue weighted by atomic mass is 9.78. The van der Waals surface area contributed by atoms with Gasteiger partial charge in [-0.25, -0.2) is 5.01 Å². The summed E-state index contributed by atoms with van der Waals surface area (Å²) in [7, 11) is 1.42. The Hall–Kier alpha value is -6.23. The predicted octanol–water partition coefficient (Wildman–Crippen LogP) is 5.67. The van der Waals surface area contributed by atoms with Crippen LogP contribution in [0.25, 0.3) is 10.8 Å². The largest absolute Gasteiger partial charge is 0.507 e. The fraction of sp³-hybridized carbons (Fsp3) is 0.426. The number of fused-ring (bicyclic) bond motifs is 15. The first-order chi connectivity index (χ1) is 29.7. The van der Waals surface area contributed by atoms with Gasteiger partial charge in [-0.05, 0) is 31.1 Å². The molecule has 0 saturated carbocycles. The number of hydrogen-bond acceptors (Lipinski definition) is 14. The zero-order valence-electron chi connectivity index (χ0n) is 36.7. The Balaban J connectivity index is 1.53. The van der Waals surface area contributed by atoms with E-state index in [9.17, 15) is 44.7 Å². The Kier molecular flexibility index (Phi) is 13.4. The summed E-state index contributed by atoms with van der Waals surface area (Å²) in [5.41, 5.74) is 0.838. The number of rotatable bonds is 4. The Bertz CT molecular complexity index is 2460. The zero-order valence-corrected chi connectivity index (χ0v) is 36.7. The smallest absolute Gasteiger partial charge is 0.312 e. The fourth-order valence-electron chi connectivity index (χ4n) is 8.49. The van der Waals surface area contributed by atoms with Gasteiger partial charge in [0.25, 0.3) is 11.7 Å². The van der Waals surface area contributed by atoms with Gasteiger partial charge >= 0.3 is 11.8 Å². The van der Waals surface area contributed by atoms with E-state index >= 15 is 0 Å². The highest BCUT2D eigenvalue weighted by atomic mass is 16.7. The number of aliphatic hydroxyl groups excluding tert-OH is 2. The van der Waals surface area contributed by atoms with E-state index in [2.05, 4.69) is 10.4 Å². The van der Waals surface area contributed by atoms with E-state index in [-0.39, 0.29) is 63.3 Å². The summed E-state index contributed by atoms with van der Waals surface area (Å²) >= 11 is 0. The summed E-state index contributed by atoms with van der Waals surface area (Å²) in [5.74, 6) is -9.38. The number of methoxy groups -OCH3 is 1. The van der Waals surface area contributed by atoms with Gasteiger partial charge in [0.2, 0.25) is 5.91 Å². The molecule has 0 saturated heterocycles. The van der Waals surface area contributed by atoms with Crippen molar-refractivity contribution in [2.24, 2.45) is 28.8 Å². The van der Waals surface area contributed by atoms with E-state index < -0.39 is 88.8 Å². The third-order valence-corrected chi connectivity index (χ3v) is 12.4. The highest BCUT2D eigenvalue weighted by molar-refractivity contribution is 6.24. The molecule has 4 heterocycles. The molecule has 3 aromatic rings. The van der Waals surface area contributed by atoms with Crippen molar-refractivity contribution in [3.05, 3.63) is 88.2 Å². The minimum absolute atomic E-state index is 0.00515. The molecule has 7 rings (SSSR count). The predicted molar refractivity (Wildman–Crippen MR) is 232 cm³/mol. The molecular weight excluding hydrogens is 815 g/mol. The van der Waals surface area contributed by atoms with Crippen molar-refractivity contribution >= 4 is 46.2 Å². The summed E-state index contributed by atoms with van der Waals surface area (Å²) in [6.07, 6.45) is 4.42. The first-order valence-corrected chi connectivity index (χ1v) is 20.7. The molecule has 0 radical (unpaired) electrons. The number of ether oxygens (including phenoxy) is 4. The van der Waals surface area contributed by atoms with Crippen LogP contribution in [0, 0.1) is 30.6 Å². The van der Waals surface area contributed by atoms with Gasteiger partial charge in [-0.3, -0.25) is 19.2 Å². The van der Waals surface area contributed by atoms with Gasteiger partial charge in [0.15, 0.2) is 5.75 Å². The number of aliphatic hydroxyl groups is 2. The molecule has 6 N–H and O–H groups in total. The van der Waals surface area contributed by atoms with Gasteiger partial charge in [-0.2, -0.15) is 5.10 Å². The van der Waals surface area contributed by atoms with Crippen molar-refractivity contribution in [2.75, 3.05) is 12.4 Å². The number of aromatic hydroxyl groups is 3. The summed E-state index contributed by atoms with van der Waals surface area (Å²) in [6.45, 7) is 12.4. The molecule has 4 aliphatic rings. The average Bonchev–Trinajstić information content (AvgIpc) is 3.51. The standard InChI is InChI=1S/C47H55N3O13/c1-22-13-12-14-23(2)46(59)49-37-31(20-48-50-21-30-16-11-10-15-29(30)19-33(50)52)41(56)34-35(42(37)57)40(55)27(6)44-36(34)45(58)47(8,63-44)61-18-17-32(60-9)24(3)43(62-28(7)51)26(5)39(54)25(4)38(22)53/h10-18,20,22,24-26,32,38-39,43,53-57H,19,21H2,1-9H3,(H,49,59)/b13-12-,18-17-,23-14-,48-20+. The van der Waals surface area contributed by atoms with Crippen molar-refractivity contribution in [1.82, 2.24) is 5.01 Å². The van der Waals surface area contributed by atoms with Crippen LogP contribution in [-0.2, 0) is 41.6 Å². The maximum atomic E-state index is 14.5. The first-order valence-electron chi connectivity index (χ1n) is 20.7. The molecule has 9 atom stereocenters. The Morgan fingerprint density at radius 2 is 1.62 bits per heavy atom. The highest BCUT2D eigenvalue weighted by Crippen LogP contribution is 2.55. The van der Waals surface area contributed by atoms with Crippen LogP contribution in [0.4, 0.5) is 5.69 Å². The molecule has 63 heavy (non-hydrogen) atoms. The zero-order chi connectivity index (χ0) is 46.2. The third kappa shape index (κ3) is 8.75. The number of amides is 2. The van der Waals surface area contributed by atoms with Crippen LogP contribution in [-0.4, -0.2) is 97.6 Å². The van der Waals surface area contributed by atoms with Crippen LogP contribution in [0.3, 0.4) is 0 Å². The van der Waals surface area contributed by atoms with Gasteiger partial charge in [-0.15, -0.1) is 0 Å². The highest BCUT2D eigenvalue weighted by Gasteiger charge is 2.50. The molecule has 0 aromatic heterocycles. The molecule has 16 heteroatoms. The number of hydrazone groups is 1. The molecule has 16 nitrogen and oxygen atoms in total. The minimum atomic E-state index is -2.10. The van der Waals surface area contributed by atoms with Crippen LogP contribution in [0.1, 0.15) is 81.1 Å². The monoisotopic (exact) mass is 869 g/mol. The molecule has 4 aliphatic heterocycles. The lowest BCUT2D eigenvalue weighted by Gasteiger charge is -2.38. The molecule has 336 valence electrons. The van der Waals surface area contributed by atoms with E-state index in [1.165, 1.54) is 58.2 Å². The van der Waals surface area contributed by atoms with E-state index in [4.69, 9.17) is 18.9 Å². The van der Waals surface area contributed by atoms with Crippen molar-refractivity contribution in [2.45, 2.75) is 98.6 Å². The van der Waals surface area contributed by atoms with E-state index in [0.29, 0.717) is 0 Å². The Morgan fingerprint density at radius 3 is 2.29 bits per heavy atom. The van der Waals surface area contributed by atoms with E-state index in [1.807, 2.05) is 24.3 Å². The molecule has 0 fully saturated rings. The number of phenolic OH excluding ortho intramolecular Hbond substituents is 3. The molecule has 0 aliphatic carbocycles. The van der Waals surface area contributed by atoms with Gasteiger partial charge < -0.3 is 49.8 Å². The van der Waals surface area contributed by atoms with Gasteiger partial charge in [0.05, 0.1) is 66.0 Å². The van der Waals surface area contributed by atoms with Crippen molar-refractivity contribution < 1.29 is 63.7 Å². The van der Waals surface area contributed by atoms with E-state index in [0.717, 1.165) is 17.3 Å². The van der Waals surface area contributed by atoms with Crippen LogP contribution in [0.5, 0.6) is 23.0 Å². The van der Waals surface area contributed by atoms with E-state index in [1.54, 1.807) is 39.8 Å². The number of phenols is 3. The number of esters is 1. The molecule has 9 unspecified atom stereocenters. The number of Topliss-reactive ketones (excluding diaryl/α,β-unsaturated/α-hetero) is 1. The maximum absolute atomic E-state index is 14.5. The molecule has 0 spiro atoms. The SMILES string of the molecule is COC1/C=C\OC2(C)Oc3c(C)c(O)c4c(O)c(c(/C=N/N5Cc6ccccc6CC5=O)c(O)c4c3C2=O)NC(=O)/C(C)=C\C=C/C(C)C(O)C(C)C(O)C(C)C(OC(C)=O)C1C. The Morgan fingerprint density at radius 1 is 0.937 bits per heavy atom. The normalized spacial score (nSPS) is 30.0. The number of benzene rings is 3. The maximum Gasteiger partial charge on any atom is 0.312 e. The van der Waals surface area contributed by atoms with Crippen molar-refractivity contribution in [1.29, 1.82) is 0 Å². The molecule has 2 amide bonds. The molecule has 5 bridgehead atoms. The number of hydrogen-bond donors (Lipinski definition) is 6. The number of nitrogens with one attached hydrogen (secondary N) is 1. The van der Waals surface area contributed by atoms with Crippen molar-refractivity contribution in [3.8, 4) is 23.0 Å². The van der Waals surface area contributed by atoms with Crippen LogP contribution in [0.15, 0.2) is 65.5 Å². The third-order valence-electron chi connectivity index (χ3n) is 12.4. The Labute approximate surface area is 365 Å². The summed E-state index contributed by atoms with van der Waals surface area (Å²) in [4.78, 5) is 53.9. The average molecular weight is 870 g/mol. The summed E-state index contributed by atoms with van der Waals surface area (Å²) < 4.78 is 23.6. The van der Waals surface area contributed by atoms with Crippen LogP contribution < -0.4 is 10.1 Å². The second-order valence-electron chi connectivity index (χ2n) is 16.8. The van der Waals surface area contributed by atoms with Gasteiger partial charge in [-0.1, -0.05) is 70.2 Å².